The van der Waals surface area contributed by atoms with Gasteiger partial charge in [-0.05, 0) is 0 Å². The summed E-state index contributed by atoms with van der Waals surface area (Å²) in [5, 5.41) is 8.16. The molecule has 3 N–H and O–H groups in total. The van der Waals surface area contributed by atoms with Crippen molar-refractivity contribution in [1.29, 1.82) is 0 Å². The number of hydrogen-bond donors (Lipinski definition) is 2. The first-order valence-electron chi connectivity index (χ1n) is 5.10. The Balaban J connectivity index is 2.49. The van der Waals surface area contributed by atoms with Gasteiger partial charge in [-0.3, -0.25) is 0 Å². The van der Waals surface area contributed by atoms with Crippen molar-refractivity contribution in [3.8, 4) is 11.3 Å². The summed E-state index contributed by atoms with van der Waals surface area (Å²) in [7, 11) is 0. The zero-order valence-corrected chi connectivity index (χ0v) is 9.01. The topological polar surface area (TPSA) is 76.7 Å². The smallest absolute Gasteiger partial charge is 0.170 e. The van der Waals surface area contributed by atoms with Crippen molar-refractivity contribution >= 4 is 5.82 Å². The maximum atomic E-state index is 5.43. The number of aromatic nitrogens is 3. The van der Waals surface area contributed by atoms with Crippen LogP contribution >= 0.6 is 0 Å². The van der Waals surface area contributed by atoms with Gasteiger partial charge in [0.1, 0.15) is 5.69 Å². The van der Waals surface area contributed by atoms with E-state index >= 15 is 0 Å². The van der Waals surface area contributed by atoms with E-state index in [1.165, 1.54) is 0 Å². The minimum Gasteiger partial charge on any atom is -0.307 e. The Kier molecular flexibility index (Phi) is 3.07. The number of benzene rings is 1. The molecular formula is C11H13N5. The third-order valence-corrected chi connectivity index (χ3v) is 2.23. The van der Waals surface area contributed by atoms with Gasteiger partial charge in [-0.25, -0.2) is 10.8 Å². The highest BCUT2D eigenvalue weighted by atomic mass is 15.3. The van der Waals surface area contributed by atoms with Gasteiger partial charge in [-0.15, -0.1) is 10.2 Å². The maximum absolute atomic E-state index is 5.43. The van der Waals surface area contributed by atoms with E-state index in [1.807, 2.05) is 37.3 Å². The van der Waals surface area contributed by atoms with Crippen LogP contribution in [0.25, 0.3) is 11.3 Å². The van der Waals surface area contributed by atoms with E-state index in [9.17, 15) is 0 Å². The van der Waals surface area contributed by atoms with E-state index in [4.69, 9.17) is 5.84 Å². The number of hydrazine groups is 1. The van der Waals surface area contributed by atoms with Gasteiger partial charge in [-0.1, -0.05) is 37.3 Å². The Morgan fingerprint density at radius 2 is 1.94 bits per heavy atom. The molecule has 0 unspecified atom stereocenters. The fourth-order valence-corrected chi connectivity index (χ4v) is 1.40. The van der Waals surface area contributed by atoms with Gasteiger partial charge >= 0.3 is 0 Å². The number of anilines is 1. The van der Waals surface area contributed by atoms with Gasteiger partial charge in [-0.2, -0.15) is 0 Å². The summed E-state index contributed by atoms with van der Waals surface area (Å²) < 4.78 is 0. The molecule has 0 fully saturated rings. The molecule has 5 heteroatoms. The number of nitrogens with zero attached hydrogens (tertiary/aromatic N) is 3. The molecule has 16 heavy (non-hydrogen) atoms. The minimum atomic E-state index is 0.554. The van der Waals surface area contributed by atoms with E-state index in [2.05, 4.69) is 20.6 Å². The van der Waals surface area contributed by atoms with Crippen molar-refractivity contribution in [3.63, 3.8) is 0 Å². The van der Waals surface area contributed by atoms with Crippen molar-refractivity contribution in [3.05, 3.63) is 36.2 Å². The van der Waals surface area contributed by atoms with E-state index in [0.29, 0.717) is 17.3 Å². The third-order valence-electron chi connectivity index (χ3n) is 2.23. The summed E-state index contributed by atoms with van der Waals surface area (Å²) in [4.78, 5) is 4.28. The molecule has 0 bridgehead atoms. The molecule has 0 aliphatic rings. The van der Waals surface area contributed by atoms with Crippen LogP contribution in [0.1, 0.15) is 12.7 Å². The summed E-state index contributed by atoms with van der Waals surface area (Å²) in [5.74, 6) is 6.66. The molecule has 5 nitrogen and oxygen atoms in total. The molecule has 2 aromatic rings. The van der Waals surface area contributed by atoms with Gasteiger partial charge < -0.3 is 5.43 Å². The van der Waals surface area contributed by atoms with Crippen LogP contribution in [0.4, 0.5) is 5.82 Å². The molecular weight excluding hydrogens is 202 g/mol. The molecule has 0 radical (unpaired) electrons. The highest BCUT2D eigenvalue weighted by Crippen LogP contribution is 2.22. The fourth-order valence-electron chi connectivity index (χ4n) is 1.40. The number of nitrogen functional groups attached to an aromatic ring is 1. The first kappa shape index (κ1) is 10.5. The van der Waals surface area contributed by atoms with E-state index < -0.39 is 0 Å². The summed E-state index contributed by atoms with van der Waals surface area (Å²) in [6.07, 6.45) is 0.733. The average molecular weight is 215 g/mol. The predicted octanol–water partition coefficient (Wildman–Crippen LogP) is 1.39. The van der Waals surface area contributed by atoms with Crippen molar-refractivity contribution in [2.24, 2.45) is 5.84 Å². The zero-order valence-electron chi connectivity index (χ0n) is 9.01. The lowest BCUT2D eigenvalue weighted by atomic mass is 10.1. The molecule has 1 heterocycles. The van der Waals surface area contributed by atoms with Crippen molar-refractivity contribution in [2.45, 2.75) is 13.3 Å². The lowest BCUT2D eigenvalue weighted by Crippen LogP contribution is -2.13. The second-order valence-corrected chi connectivity index (χ2v) is 3.29. The first-order chi connectivity index (χ1) is 7.85. The molecule has 0 atom stereocenters. The SMILES string of the molecule is CCc1nnc(-c2ccccc2)c(NN)n1. The van der Waals surface area contributed by atoms with Crippen LogP contribution < -0.4 is 11.3 Å². The van der Waals surface area contributed by atoms with Gasteiger partial charge in [0.05, 0.1) is 0 Å². The summed E-state index contributed by atoms with van der Waals surface area (Å²) in [6, 6.07) is 9.70. The highest BCUT2D eigenvalue weighted by Gasteiger charge is 2.08. The van der Waals surface area contributed by atoms with E-state index in [0.717, 1.165) is 12.0 Å². The van der Waals surface area contributed by atoms with Gasteiger partial charge in [0.15, 0.2) is 11.6 Å². The zero-order chi connectivity index (χ0) is 11.4. The number of aryl methyl sites for hydroxylation is 1. The Labute approximate surface area is 93.7 Å². The highest BCUT2D eigenvalue weighted by molar-refractivity contribution is 5.70. The molecule has 1 aromatic heterocycles. The van der Waals surface area contributed by atoms with E-state index in [-0.39, 0.29) is 0 Å². The Hall–Kier alpha value is -2.01. The first-order valence-corrected chi connectivity index (χ1v) is 5.10. The van der Waals surface area contributed by atoms with Gasteiger partial charge in [0, 0.05) is 12.0 Å². The number of hydrogen-bond acceptors (Lipinski definition) is 5. The molecule has 0 amide bonds. The molecule has 0 aliphatic carbocycles. The number of nitrogens with two attached hydrogens (primary N) is 1. The summed E-state index contributed by atoms with van der Waals surface area (Å²) >= 11 is 0. The summed E-state index contributed by atoms with van der Waals surface area (Å²) in [6.45, 7) is 1.97. The standard InChI is InChI=1S/C11H13N5/c1-2-9-13-11(14-12)10(16-15-9)8-6-4-3-5-7-8/h3-7H,2,12H2,1H3,(H,13,14,15). The second kappa shape index (κ2) is 4.67. The Morgan fingerprint density at radius 1 is 1.19 bits per heavy atom. The molecule has 82 valence electrons. The third kappa shape index (κ3) is 1.99. The van der Waals surface area contributed by atoms with Crippen LogP contribution in [-0.2, 0) is 6.42 Å². The largest absolute Gasteiger partial charge is 0.307 e. The van der Waals surface area contributed by atoms with Crippen molar-refractivity contribution < 1.29 is 0 Å². The van der Waals surface area contributed by atoms with Crippen molar-refractivity contribution in [2.75, 3.05) is 5.43 Å². The van der Waals surface area contributed by atoms with Crippen LogP contribution in [-0.4, -0.2) is 15.2 Å². The van der Waals surface area contributed by atoms with Crippen LogP contribution in [0.3, 0.4) is 0 Å². The Bertz CT molecular complexity index is 469. The van der Waals surface area contributed by atoms with Crippen LogP contribution in [0, 0.1) is 0 Å². The van der Waals surface area contributed by atoms with E-state index in [1.54, 1.807) is 0 Å². The second-order valence-electron chi connectivity index (χ2n) is 3.29. The Morgan fingerprint density at radius 3 is 2.56 bits per heavy atom. The lowest BCUT2D eigenvalue weighted by Gasteiger charge is -2.07. The molecule has 0 spiro atoms. The summed E-state index contributed by atoms with van der Waals surface area (Å²) in [5.41, 5.74) is 4.16. The number of nitrogens with one attached hydrogen (secondary N) is 1. The molecule has 1 aromatic carbocycles. The van der Waals surface area contributed by atoms with Crippen LogP contribution in [0.2, 0.25) is 0 Å². The lowest BCUT2D eigenvalue weighted by molar-refractivity contribution is 0.853. The average Bonchev–Trinajstić information content (AvgIpc) is 2.39. The van der Waals surface area contributed by atoms with Crippen LogP contribution in [0.5, 0.6) is 0 Å². The monoisotopic (exact) mass is 215 g/mol. The van der Waals surface area contributed by atoms with Crippen LogP contribution in [0.15, 0.2) is 30.3 Å². The van der Waals surface area contributed by atoms with Crippen molar-refractivity contribution in [1.82, 2.24) is 15.2 Å². The predicted molar refractivity (Wildman–Crippen MR) is 62.5 cm³/mol. The molecule has 2 rings (SSSR count). The quantitative estimate of drug-likeness (QED) is 0.597. The maximum Gasteiger partial charge on any atom is 0.170 e. The molecule has 0 aliphatic heterocycles. The fraction of sp³-hybridized carbons (Fsp3) is 0.182. The van der Waals surface area contributed by atoms with Gasteiger partial charge in [0.2, 0.25) is 0 Å². The minimum absolute atomic E-state index is 0.554. The van der Waals surface area contributed by atoms with Gasteiger partial charge in [0.25, 0.3) is 0 Å². The molecule has 0 saturated carbocycles. The normalized spacial score (nSPS) is 10.1. The number of rotatable bonds is 3. The molecule has 0 saturated heterocycles.